The lowest BCUT2D eigenvalue weighted by molar-refractivity contribution is -0.117. The van der Waals surface area contributed by atoms with Crippen LogP contribution < -0.4 is 4.90 Å². The van der Waals surface area contributed by atoms with Gasteiger partial charge in [0, 0.05) is 12.7 Å². The fraction of sp³-hybridized carbons (Fsp3) is 0.231. The van der Waals surface area contributed by atoms with Crippen LogP contribution in [0.4, 0.5) is 5.69 Å². The highest BCUT2D eigenvalue weighted by Gasteiger charge is 2.09. The first-order chi connectivity index (χ1) is 8.19. The highest BCUT2D eigenvalue weighted by molar-refractivity contribution is 5.94. The van der Waals surface area contributed by atoms with E-state index < -0.39 is 0 Å². The van der Waals surface area contributed by atoms with Gasteiger partial charge < -0.3 is 10.0 Å². The highest BCUT2D eigenvalue weighted by atomic mass is 16.2. The lowest BCUT2D eigenvalue weighted by Gasteiger charge is -2.16. The van der Waals surface area contributed by atoms with Crippen molar-refractivity contribution in [2.75, 3.05) is 18.6 Å². The molecule has 0 saturated carbocycles. The molecule has 0 radical (unpaired) electrons. The molecule has 0 spiro atoms. The second-order valence-corrected chi connectivity index (χ2v) is 3.47. The zero-order chi connectivity index (χ0) is 12.7. The SMILES string of the molecule is CN(C(=O)CC#N)c1cccc(C=CCO)c1. The maximum Gasteiger partial charge on any atom is 0.240 e. The van der Waals surface area contributed by atoms with Gasteiger partial charge in [-0.1, -0.05) is 24.3 Å². The normalized spacial score (nSPS) is 10.2. The first-order valence-corrected chi connectivity index (χ1v) is 5.20. The summed E-state index contributed by atoms with van der Waals surface area (Å²) >= 11 is 0. The van der Waals surface area contributed by atoms with Crippen LogP contribution in [0.1, 0.15) is 12.0 Å². The van der Waals surface area contributed by atoms with Gasteiger partial charge in [0.2, 0.25) is 5.91 Å². The van der Waals surface area contributed by atoms with Gasteiger partial charge >= 0.3 is 0 Å². The Bertz CT molecular complexity index is 461. The third kappa shape index (κ3) is 3.74. The molecule has 4 heteroatoms. The van der Waals surface area contributed by atoms with Crippen molar-refractivity contribution in [1.29, 1.82) is 5.26 Å². The standard InChI is InChI=1S/C13H14N2O2/c1-15(13(17)7-8-14)12-6-2-4-11(10-12)5-3-9-16/h2-6,10,16H,7,9H2,1H3. The molecule has 1 rings (SSSR count). The van der Waals surface area contributed by atoms with E-state index in [1.807, 2.05) is 24.3 Å². The quantitative estimate of drug-likeness (QED) is 0.853. The van der Waals surface area contributed by atoms with Crippen LogP contribution in [0.25, 0.3) is 6.08 Å². The van der Waals surface area contributed by atoms with Crippen LogP contribution in [-0.4, -0.2) is 24.7 Å². The average molecular weight is 230 g/mol. The van der Waals surface area contributed by atoms with E-state index in [0.717, 1.165) is 11.3 Å². The Morgan fingerprint density at radius 2 is 2.35 bits per heavy atom. The minimum atomic E-state index is -0.240. The summed E-state index contributed by atoms with van der Waals surface area (Å²) in [7, 11) is 1.63. The molecule has 0 aliphatic heterocycles. The summed E-state index contributed by atoms with van der Waals surface area (Å²) in [6.07, 6.45) is 3.26. The minimum Gasteiger partial charge on any atom is -0.392 e. The highest BCUT2D eigenvalue weighted by Crippen LogP contribution is 2.16. The molecule has 17 heavy (non-hydrogen) atoms. The Balaban J connectivity index is 2.88. The van der Waals surface area contributed by atoms with Crippen LogP contribution in [0.3, 0.4) is 0 Å². The number of amides is 1. The molecule has 88 valence electrons. The Morgan fingerprint density at radius 3 is 3.00 bits per heavy atom. The molecule has 0 bridgehead atoms. The zero-order valence-electron chi connectivity index (χ0n) is 9.63. The number of nitrogens with zero attached hydrogens (tertiary/aromatic N) is 2. The monoisotopic (exact) mass is 230 g/mol. The predicted molar refractivity (Wildman–Crippen MR) is 66.2 cm³/mol. The number of carbonyl (C=O) groups excluding carboxylic acids is 1. The summed E-state index contributed by atoms with van der Waals surface area (Å²) in [4.78, 5) is 13.0. The molecular formula is C13H14N2O2. The van der Waals surface area contributed by atoms with Crippen LogP contribution in [0.5, 0.6) is 0 Å². The van der Waals surface area contributed by atoms with Gasteiger partial charge in [0.25, 0.3) is 0 Å². The van der Waals surface area contributed by atoms with Crippen LogP contribution in [0.2, 0.25) is 0 Å². The number of aliphatic hydroxyl groups is 1. The molecule has 1 aromatic carbocycles. The van der Waals surface area contributed by atoms with Gasteiger partial charge in [-0.25, -0.2) is 0 Å². The van der Waals surface area contributed by atoms with E-state index in [4.69, 9.17) is 10.4 Å². The fourth-order valence-electron chi connectivity index (χ4n) is 1.36. The molecule has 0 aromatic heterocycles. The molecular weight excluding hydrogens is 216 g/mol. The second kappa shape index (κ2) is 6.46. The number of benzene rings is 1. The van der Waals surface area contributed by atoms with Crippen molar-refractivity contribution in [1.82, 2.24) is 0 Å². The largest absolute Gasteiger partial charge is 0.392 e. The number of rotatable bonds is 4. The maximum atomic E-state index is 11.5. The van der Waals surface area contributed by atoms with E-state index >= 15 is 0 Å². The van der Waals surface area contributed by atoms with Gasteiger partial charge in [-0.2, -0.15) is 5.26 Å². The zero-order valence-corrected chi connectivity index (χ0v) is 9.63. The third-order valence-electron chi connectivity index (χ3n) is 2.28. The van der Waals surface area contributed by atoms with Crippen molar-refractivity contribution in [2.45, 2.75) is 6.42 Å². The van der Waals surface area contributed by atoms with Gasteiger partial charge in [-0.15, -0.1) is 0 Å². The molecule has 0 heterocycles. The Kier molecular flexibility index (Phi) is 4.92. The number of hydrogen-bond donors (Lipinski definition) is 1. The van der Waals surface area contributed by atoms with E-state index in [0.29, 0.717) is 0 Å². The van der Waals surface area contributed by atoms with E-state index in [9.17, 15) is 4.79 Å². The number of anilines is 1. The molecule has 0 aliphatic rings. The lowest BCUT2D eigenvalue weighted by atomic mass is 10.1. The van der Waals surface area contributed by atoms with Crippen molar-refractivity contribution < 1.29 is 9.90 Å². The van der Waals surface area contributed by atoms with Crippen molar-refractivity contribution in [3.8, 4) is 6.07 Å². The first kappa shape index (κ1) is 12.9. The van der Waals surface area contributed by atoms with Crippen molar-refractivity contribution in [3.63, 3.8) is 0 Å². The van der Waals surface area contributed by atoms with E-state index in [-0.39, 0.29) is 18.9 Å². The summed E-state index contributed by atoms with van der Waals surface area (Å²) in [6.45, 7) is -0.0204. The van der Waals surface area contributed by atoms with Crippen molar-refractivity contribution in [3.05, 3.63) is 35.9 Å². The molecule has 1 N–H and O–H groups in total. The summed E-state index contributed by atoms with van der Waals surface area (Å²) in [5.74, 6) is -0.240. The molecule has 0 atom stereocenters. The van der Waals surface area contributed by atoms with Crippen LogP contribution >= 0.6 is 0 Å². The molecule has 0 fully saturated rings. The van der Waals surface area contributed by atoms with E-state index in [1.165, 1.54) is 4.90 Å². The van der Waals surface area contributed by atoms with Crippen LogP contribution in [0.15, 0.2) is 30.3 Å². The van der Waals surface area contributed by atoms with Gasteiger partial charge in [-0.05, 0) is 17.7 Å². The second-order valence-electron chi connectivity index (χ2n) is 3.47. The lowest BCUT2D eigenvalue weighted by Crippen LogP contribution is -2.25. The maximum absolute atomic E-state index is 11.5. The van der Waals surface area contributed by atoms with E-state index in [1.54, 1.807) is 25.3 Å². The van der Waals surface area contributed by atoms with E-state index in [2.05, 4.69) is 0 Å². The number of carbonyl (C=O) groups is 1. The Hall–Kier alpha value is -2.12. The summed E-state index contributed by atoms with van der Waals surface area (Å²) in [5, 5.41) is 17.1. The van der Waals surface area contributed by atoms with Crippen molar-refractivity contribution >= 4 is 17.7 Å². The van der Waals surface area contributed by atoms with Crippen LogP contribution in [-0.2, 0) is 4.79 Å². The minimum absolute atomic E-state index is 0.0204. The average Bonchev–Trinajstić information content (AvgIpc) is 2.36. The van der Waals surface area contributed by atoms with Crippen LogP contribution in [0, 0.1) is 11.3 Å². The molecule has 1 amide bonds. The van der Waals surface area contributed by atoms with Gasteiger partial charge in [-0.3, -0.25) is 4.79 Å². The molecule has 0 unspecified atom stereocenters. The summed E-state index contributed by atoms with van der Waals surface area (Å²) in [5.41, 5.74) is 1.62. The number of hydrogen-bond acceptors (Lipinski definition) is 3. The topological polar surface area (TPSA) is 64.3 Å². The summed E-state index contributed by atoms with van der Waals surface area (Å²) in [6, 6.07) is 9.14. The first-order valence-electron chi connectivity index (χ1n) is 5.20. The number of nitriles is 1. The van der Waals surface area contributed by atoms with Crippen molar-refractivity contribution in [2.24, 2.45) is 0 Å². The predicted octanol–water partition coefficient (Wildman–Crippen LogP) is 1.57. The fourth-order valence-corrected chi connectivity index (χ4v) is 1.36. The summed E-state index contributed by atoms with van der Waals surface area (Å²) < 4.78 is 0. The Labute approximate surface area is 100 Å². The molecule has 0 aliphatic carbocycles. The molecule has 1 aromatic rings. The third-order valence-corrected chi connectivity index (χ3v) is 2.28. The smallest absolute Gasteiger partial charge is 0.240 e. The Morgan fingerprint density at radius 1 is 1.59 bits per heavy atom. The molecule has 0 saturated heterocycles. The number of aliphatic hydroxyl groups excluding tert-OH is 1. The molecule has 4 nitrogen and oxygen atoms in total. The van der Waals surface area contributed by atoms with Gasteiger partial charge in [0.1, 0.15) is 6.42 Å². The van der Waals surface area contributed by atoms with Gasteiger partial charge in [0.15, 0.2) is 0 Å². The van der Waals surface area contributed by atoms with Gasteiger partial charge in [0.05, 0.1) is 12.7 Å².